The van der Waals surface area contributed by atoms with Gasteiger partial charge in [0.05, 0.1) is 5.92 Å². The second kappa shape index (κ2) is 4.15. The highest BCUT2D eigenvalue weighted by Crippen LogP contribution is 2.39. The minimum atomic E-state index is -3.95. The van der Waals surface area contributed by atoms with Gasteiger partial charge in [0.2, 0.25) is 0 Å². The van der Waals surface area contributed by atoms with Crippen molar-refractivity contribution in [2.45, 2.75) is 31.9 Å². The highest BCUT2D eigenvalue weighted by Gasteiger charge is 2.41. The van der Waals surface area contributed by atoms with E-state index in [1.54, 1.807) is 0 Å². The Morgan fingerprint density at radius 1 is 1.08 bits per heavy atom. The van der Waals surface area contributed by atoms with E-state index in [1.165, 1.54) is 0 Å². The molecule has 4 heteroatoms. The molecule has 0 unspecified atom stereocenters. The largest absolute Gasteiger partial charge is 0.391 e. The molecule has 12 heavy (non-hydrogen) atoms. The zero-order chi connectivity index (χ0) is 9.19. The van der Waals surface area contributed by atoms with Crippen LogP contribution in [-0.4, -0.2) is 10.6 Å². The molecule has 0 atom stereocenters. The zero-order valence-electron chi connectivity index (χ0n) is 6.70. The first-order valence-electron chi connectivity index (χ1n) is 4.16. The third-order valence-corrected chi connectivity index (χ3v) is 3.77. The predicted octanol–water partition coefficient (Wildman–Crippen LogP) is 3.79. The van der Waals surface area contributed by atoms with Crippen molar-refractivity contribution in [2.24, 2.45) is 11.8 Å². The lowest BCUT2D eigenvalue weighted by Crippen LogP contribution is -2.28. The number of hydrogen-bond donors (Lipinski definition) is 0. The van der Waals surface area contributed by atoms with Crippen molar-refractivity contribution >= 4 is 22.6 Å². The molecule has 0 nitrogen and oxygen atoms in total. The van der Waals surface area contributed by atoms with Gasteiger partial charge in [-0.3, -0.25) is 0 Å². The van der Waals surface area contributed by atoms with Gasteiger partial charge in [0.15, 0.2) is 0 Å². The fourth-order valence-electron chi connectivity index (χ4n) is 1.64. The molecule has 0 aromatic carbocycles. The summed E-state index contributed by atoms with van der Waals surface area (Å²) in [7, 11) is 0. The quantitative estimate of drug-likeness (QED) is 0.509. The average Bonchev–Trinajstić information content (AvgIpc) is 2.03. The summed E-state index contributed by atoms with van der Waals surface area (Å²) in [5.74, 6) is -0.485. The van der Waals surface area contributed by atoms with Gasteiger partial charge in [-0.15, -0.1) is 0 Å². The maximum atomic E-state index is 12.2. The van der Waals surface area contributed by atoms with Crippen molar-refractivity contribution in [2.75, 3.05) is 4.43 Å². The fourth-order valence-corrected chi connectivity index (χ4v) is 2.52. The number of alkyl halides is 4. The molecular formula is C8H12F3I. The van der Waals surface area contributed by atoms with Gasteiger partial charge in [-0.2, -0.15) is 13.2 Å². The molecule has 1 saturated carbocycles. The molecule has 0 saturated heterocycles. The maximum absolute atomic E-state index is 12.2. The second-order valence-electron chi connectivity index (χ2n) is 3.41. The van der Waals surface area contributed by atoms with Crippen molar-refractivity contribution in [1.82, 2.24) is 0 Å². The van der Waals surface area contributed by atoms with Gasteiger partial charge in [0, 0.05) is 4.43 Å². The maximum Gasteiger partial charge on any atom is 0.391 e. The summed E-state index contributed by atoms with van der Waals surface area (Å²) in [5.41, 5.74) is 0. The molecular weight excluding hydrogens is 280 g/mol. The average molecular weight is 292 g/mol. The summed E-state index contributed by atoms with van der Waals surface area (Å²) in [6.45, 7) is 0. The van der Waals surface area contributed by atoms with Gasteiger partial charge in [-0.05, 0) is 31.6 Å². The molecule has 0 aromatic heterocycles. The molecule has 0 aliphatic heterocycles. The first-order valence-corrected chi connectivity index (χ1v) is 5.69. The lowest BCUT2D eigenvalue weighted by molar-refractivity contribution is -0.183. The fraction of sp³-hybridized carbons (Fsp3) is 1.00. The molecule has 1 rings (SSSR count). The van der Waals surface area contributed by atoms with Crippen LogP contribution in [0.5, 0.6) is 0 Å². The number of halogens is 4. The van der Waals surface area contributed by atoms with E-state index >= 15 is 0 Å². The minimum absolute atomic E-state index is 0.344. The van der Waals surface area contributed by atoms with Crippen molar-refractivity contribution in [3.63, 3.8) is 0 Å². The standard InChI is InChI=1S/C8H12F3I/c9-8(10,11)7-3-1-6(5-12)2-4-7/h6-7H,1-5H2. The molecule has 1 aliphatic carbocycles. The molecule has 0 heterocycles. The van der Waals surface area contributed by atoms with E-state index in [9.17, 15) is 13.2 Å². The van der Waals surface area contributed by atoms with Gasteiger partial charge in [0.25, 0.3) is 0 Å². The summed E-state index contributed by atoms with van der Waals surface area (Å²) < 4.78 is 37.5. The van der Waals surface area contributed by atoms with E-state index in [2.05, 4.69) is 22.6 Å². The van der Waals surface area contributed by atoms with E-state index < -0.39 is 12.1 Å². The zero-order valence-corrected chi connectivity index (χ0v) is 8.86. The van der Waals surface area contributed by atoms with Crippen LogP contribution in [0.25, 0.3) is 0 Å². The normalized spacial score (nSPS) is 32.0. The van der Waals surface area contributed by atoms with Gasteiger partial charge in [-0.1, -0.05) is 22.6 Å². The summed E-state index contributed by atoms with van der Waals surface area (Å²) in [4.78, 5) is 0. The van der Waals surface area contributed by atoms with Gasteiger partial charge in [-0.25, -0.2) is 0 Å². The smallest absolute Gasteiger partial charge is 0.171 e. The van der Waals surface area contributed by atoms with Crippen molar-refractivity contribution < 1.29 is 13.2 Å². The molecule has 0 N–H and O–H groups in total. The minimum Gasteiger partial charge on any atom is -0.171 e. The Balaban J connectivity index is 2.36. The molecule has 0 radical (unpaired) electrons. The number of hydrogen-bond acceptors (Lipinski definition) is 0. The van der Waals surface area contributed by atoms with E-state index in [1.807, 2.05) is 0 Å². The van der Waals surface area contributed by atoms with Crippen LogP contribution in [-0.2, 0) is 0 Å². The van der Waals surface area contributed by atoms with Crippen LogP contribution < -0.4 is 0 Å². The van der Waals surface area contributed by atoms with Crippen molar-refractivity contribution in [3.8, 4) is 0 Å². The van der Waals surface area contributed by atoms with Crippen LogP contribution in [0, 0.1) is 11.8 Å². The highest BCUT2D eigenvalue weighted by atomic mass is 127. The second-order valence-corrected chi connectivity index (χ2v) is 4.29. The SMILES string of the molecule is FC(F)(F)C1CCC(CI)CC1. The van der Waals surface area contributed by atoms with E-state index in [0.29, 0.717) is 18.8 Å². The van der Waals surface area contributed by atoms with E-state index in [4.69, 9.17) is 0 Å². The van der Waals surface area contributed by atoms with Gasteiger partial charge >= 0.3 is 6.18 Å². The topological polar surface area (TPSA) is 0 Å². The Hall–Kier alpha value is 0.520. The molecule has 0 amide bonds. The molecule has 1 aliphatic rings. The number of rotatable bonds is 1. The summed E-state index contributed by atoms with van der Waals surface area (Å²) in [5, 5.41) is 0. The van der Waals surface area contributed by atoms with E-state index in [0.717, 1.165) is 17.3 Å². The summed E-state index contributed by atoms with van der Waals surface area (Å²) in [6, 6.07) is 0. The third-order valence-electron chi connectivity index (χ3n) is 2.53. The monoisotopic (exact) mass is 292 g/mol. The van der Waals surface area contributed by atoms with Crippen LogP contribution >= 0.6 is 22.6 Å². The van der Waals surface area contributed by atoms with E-state index in [-0.39, 0.29) is 0 Å². The molecule has 72 valence electrons. The Labute approximate surface area is 84.0 Å². The van der Waals surface area contributed by atoms with Crippen LogP contribution in [0.4, 0.5) is 13.2 Å². The van der Waals surface area contributed by atoms with Crippen LogP contribution in [0.3, 0.4) is 0 Å². The Morgan fingerprint density at radius 2 is 1.58 bits per heavy atom. The third kappa shape index (κ3) is 2.78. The van der Waals surface area contributed by atoms with Gasteiger partial charge < -0.3 is 0 Å². The first-order chi connectivity index (χ1) is 5.54. The van der Waals surface area contributed by atoms with Crippen molar-refractivity contribution in [3.05, 3.63) is 0 Å². The Morgan fingerprint density at radius 3 is 1.92 bits per heavy atom. The van der Waals surface area contributed by atoms with Gasteiger partial charge in [0.1, 0.15) is 0 Å². The van der Waals surface area contributed by atoms with Crippen molar-refractivity contribution in [1.29, 1.82) is 0 Å². The highest BCUT2D eigenvalue weighted by molar-refractivity contribution is 14.1. The molecule has 0 bridgehead atoms. The molecule has 0 aromatic rings. The predicted molar refractivity (Wildman–Crippen MR) is 50.4 cm³/mol. The molecule has 1 fully saturated rings. The van der Waals surface area contributed by atoms with Crippen LogP contribution in [0.2, 0.25) is 0 Å². The summed E-state index contributed by atoms with van der Waals surface area (Å²) in [6.07, 6.45) is -1.75. The summed E-state index contributed by atoms with van der Waals surface area (Å²) >= 11 is 2.25. The first kappa shape index (κ1) is 10.6. The lowest BCUT2D eigenvalue weighted by Gasteiger charge is -2.28. The van der Waals surface area contributed by atoms with Crippen LogP contribution in [0.1, 0.15) is 25.7 Å². The Bertz CT molecular complexity index is 136. The lowest BCUT2D eigenvalue weighted by atomic mass is 9.83. The van der Waals surface area contributed by atoms with Crippen LogP contribution in [0.15, 0.2) is 0 Å². The molecule has 0 spiro atoms. The Kier molecular flexibility index (Phi) is 3.67.